The van der Waals surface area contributed by atoms with Crippen molar-refractivity contribution in [3.8, 4) is 0 Å². The Bertz CT molecular complexity index is 1120. The van der Waals surface area contributed by atoms with Crippen molar-refractivity contribution in [2.45, 2.75) is 18.0 Å². The van der Waals surface area contributed by atoms with Crippen molar-refractivity contribution in [3.63, 3.8) is 0 Å². The van der Waals surface area contributed by atoms with Crippen LogP contribution in [0, 0.1) is 0 Å². The van der Waals surface area contributed by atoms with Gasteiger partial charge in [0, 0.05) is 13.1 Å². The van der Waals surface area contributed by atoms with E-state index >= 15 is 0 Å². The Labute approximate surface area is 179 Å². The topological polar surface area (TPSA) is 74.7 Å². The molecule has 0 saturated heterocycles. The highest BCUT2D eigenvalue weighted by Gasteiger charge is 2.26. The number of halogens is 2. The first-order valence-corrected chi connectivity index (χ1v) is 10.8. The third kappa shape index (κ3) is 5.16. The van der Waals surface area contributed by atoms with E-state index in [0.29, 0.717) is 5.56 Å². The third-order valence-corrected chi connectivity index (χ3v) is 6.82. The van der Waals surface area contributed by atoms with E-state index < -0.39 is 16.0 Å². The molecule has 8 heteroatoms. The van der Waals surface area contributed by atoms with Crippen molar-refractivity contribution in [3.05, 3.63) is 99.5 Å². The van der Waals surface area contributed by atoms with Gasteiger partial charge in [-0.2, -0.15) is 4.31 Å². The summed E-state index contributed by atoms with van der Waals surface area (Å²) in [5, 5.41) is 9.47. The summed E-state index contributed by atoms with van der Waals surface area (Å²) in [4.78, 5) is 11.1. The molecule has 0 spiro atoms. The molecule has 150 valence electrons. The van der Waals surface area contributed by atoms with Crippen molar-refractivity contribution < 1.29 is 18.3 Å². The molecule has 0 fully saturated rings. The van der Waals surface area contributed by atoms with Gasteiger partial charge in [-0.25, -0.2) is 13.2 Å². The lowest BCUT2D eigenvalue weighted by Gasteiger charge is -2.23. The maximum Gasteiger partial charge on any atom is 0.335 e. The minimum Gasteiger partial charge on any atom is -0.478 e. The highest BCUT2D eigenvalue weighted by atomic mass is 35.5. The number of sulfonamides is 1. The van der Waals surface area contributed by atoms with Crippen LogP contribution in [-0.2, 0) is 23.1 Å². The number of carboxylic acid groups (broad SMARTS) is 1. The van der Waals surface area contributed by atoms with Gasteiger partial charge in [0.05, 0.1) is 20.5 Å². The third-order valence-electron chi connectivity index (χ3n) is 4.29. The largest absolute Gasteiger partial charge is 0.478 e. The summed E-state index contributed by atoms with van der Waals surface area (Å²) in [7, 11) is -3.89. The first kappa shape index (κ1) is 21.3. The molecule has 0 radical (unpaired) electrons. The van der Waals surface area contributed by atoms with Crippen molar-refractivity contribution in [2.24, 2.45) is 0 Å². The quantitative estimate of drug-likeness (QED) is 0.545. The van der Waals surface area contributed by atoms with Crippen molar-refractivity contribution in [1.82, 2.24) is 4.31 Å². The van der Waals surface area contributed by atoms with Gasteiger partial charge >= 0.3 is 5.97 Å². The summed E-state index contributed by atoms with van der Waals surface area (Å²) in [5.74, 6) is -1.04. The number of nitrogens with zero attached hydrogens (tertiary/aromatic N) is 1. The lowest BCUT2D eigenvalue weighted by Crippen LogP contribution is -2.30. The molecule has 29 heavy (non-hydrogen) atoms. The molecule has 0 aliphatic heterocycles. The van der Waals surface area contributed by atoms with E-state index in [1.54, 1.807) is 12.1 Å². The standard InChI is InChI=1S/C21H17Cl2NO4S/c22-19-11-10-18(12-20(19)23)29(27,28)24(13-15-4-2-1-3-5-15)14-16-6-8-17(9-7-16)21(25)26/h1-12H,13-14H2,(H,25,26). The van der Waals surface area contributed by atoms with Gasteiger partial charge in [-0.05, 0) is 41.5 Å². The van der Waals surface area contributed by atoms with Gasteiger partial charge in [-0.3, -0.25) is 0 Å². The highest BCUT2D eigenvalue weighted by molar-refractivity contribution is 7.89. The lowest BCUT2D eigenvalue weighted by atomic mass is 10.1. The van der Waals surface area contributed by atoms with Crippen LogP contribution in [-0.4, -0.2) is 23.8 Å². The Morgan fingerprint density at radius 3 is 1.97 bits per heavy atom. The molecule has 3 aromatic rings. The fourth-order valence-corrected chi connectivity index (χ4v) is 4.56. The molecular formula is C21H17Cl2NO4S. The fraction of sp³-hybridized carbons (Fsp3) is 0.0952. The first-order valence-electron chi connectivity index (χ1n) is 8.59. The van der Waals surface area contributed by atoms with Gasteiger partial charge in [0.2, 0.25) is 10.0 Å². The SMILES string of the molecule is O=C(O)c1ccc(CN(Cc2ccccc2)S(=O)(=O)c2ccc(Cl)c(Cl)c2)cc1. The zero-order valence-electron chi connectivity index (χ0n) is 15.1. The fourth-order valence-electron chi connectivity index (χ4n) is 2.76. The van der Waals surface area contributed by atoms with E-state index in [1.807, 2.05) is 30.3 Å². The second-order valence-corrected chi connectivity index (χ2v) is 9.09. The normalized spacial score (nSPS) is 11.6. The Morgan fingerprint density at radius 2 is 1.41 bits per heavy atom. The molecule has 1 N–H and O–H groups in total. The number of benzene rings is 3. The summed E-state index contributed by atoms with van der Waals surface area (Å²) in [6.07, 6.45) is 0. The summed E-state index contributed by atoms with van der Waals surface area (Å²) in [5.41, 5.74) is 1.61. The maximum atomic E-state index is 13.3. The molecule has 0 aliphatic rings. The number of hydrogen-bond acceptors (Lipinski definition) is 3. The Morgan fingerprint density at radius 1 is 0.828 bits per heavy atom. The minimum absolute atomic E-state index is 0.0324. The zero-order valence-corrected chi connectivity index (χ0v) is 17.5. The highest BCUT2D eigenvalue weighted by Crippen LogP contribution is 2.28. The predicted molar refractivity (Wildman–Crippen MR) is 113 cm³/mol. The number of carboxylic acids is 1. The predicted octanol–water partition coefficient (Wildman–Crippen LogP) is 5.08. The Balaban J connectivity index is 1.97. The van der Waals surface area contributed by atoms with Gasteiger partial charge < -0.3 is 5.11 Å². The van der Waals surface area contributed by atoms with E-state index in [1.165, 1.54) is 34.6 Å². The van der Waals surface area contributed by atoms with Gasteiger partial charge in [-0.15, -0.1) is 0 Å². The van der Waals surface area contributed by atoms with Gasteiger partial charge in [0.15, 0.2) is 0 Å². The molecule has 3 rings (SSSR count). The van der Waals surface area contributed by atoms with Crippen LogP contribution in [0.2, 0.25) is 10.0 Å². The molecule has 0 amide bonds. The average Bonchev–Trinajstić information content (AvgIpc) is 2.70. The number of hydrogen-bond donors (Lipinski definition) is 1. The van der Waals surface area contributed by atoms with Crippen LogP contribution in [0.3, 0.4) is 0 Å². The van der Waals surface area contributed by atoms with Crippen molar-refractivity contribution in [1.29, 1.82) is 0 Å². The Kier molecular flexibility index (Phi) is 6.59. The monoisotopic (exact) mass is 449 g/mol. The summed E-state index contributed by atoms with van der Waals surface area (Å²) in [6, 6.07) is 19.5. The number of aromatic carboxylic acids is 1. The van der Waals surface area contributed by atoms with E-state index in [-0.39, 0.29) is 33.6 Å². The van der Waals surface area contributed by atoms with Crippen LogP contribution in [0.4, 0.5) is 0 Å². The van der Waals surface area contributed by atoms with E-state index in [2.05, 4.69) is 0 Å². The number of carbonyl (C=O) groups is 1. The average molecular weight is 450 g/mol. The van der Waals surface area contributed by atoms with Crippen LogP contribution >= 0.6 is 23.2 Å². The molecule has 0 atom stereocenters. The molecular weight excluding hydrogens is 433 g/mol. The van der Waals surface area contributed by atoms with E-state index in [0.717, 1.165) is 5.56 Å². The summed E-state index contributed by atoms with van der Waals surface area (Å²) in [6.45, 7) is 0.210. The van der Waals surface area contributed by atoms with Gasteiger partial charge in [0.1, 0.15) is 0 Å². The zero-order chi connectivity index (χ0) is 21.0. The summed E-state index contributed by atoms with van der Waals surface area (Å²) < 4.78 is 27.9. The van der Waals surface area contributed by atoms with Crippen molar-refractivity contribution >= 4 is 39.2 Å². The van der Waals surface area contributed by atoms with E-state index in [4.69, 9.17) is 28.3 Å². The number of rotatable bonds is 7. The molecule has 0 bridgehead atoms. The molecule has 5 nitrogen and oxygen atoms in total. The molecule has 0 heterocycles. The van der Waals surface area contributed by atoms with Gasteiger partial charge in [-0.1, -0.05) is 65.7 Å². The molecule has 0 unspecified atom stereocenters. The van der Waals surface area contributed by atoms with Crippen LogP contribution in [0.5, 0.6) is 0 Å². The lowest BCUT2D eigenvalue weighted by molar-refractivity contribution is 0.0697. The van der Waals surface area contributed by atoms with Crippen LogP contribution in [0.25, 0.3) is 0 Å². The Hall–Kier alpha value is -2.38. The smallest absolute Gasteiger partial charge is 0.335 e. The van der Waals surface area contributed by atoms with Crippen LogP contribution < -0.4 is 0 Å². The van der Waals surface area contributed by atoms with Gasteiger partial charge in [0.25, 0.3) is 0 Å². The van der Waals surface area contributed by atoms with Crippen molar-refractivity contribution in [2.75, 3.05) is 0 Å². The summed E-state index contributed by atoms with van der Waals surface area (Å²) >= 11 is 11.9. The molecule has 0 aromatic heterocycles. The van der Waals surface area contributed by atoms with E-state index in [9.17, 15) is 13.2 Å². The van der Waals surface area contributed by atoms with Crippen LogP contribution in [0.15, 0.2) is 77.7 Å². The second-order valence-electron chi connectivity index (χ2n) is 6.34. The molecule has 0 saturated carbocycles. The van der Waals surface area contributed by atoms with Crippen LogP contribution in [0.1, 0.15) is 21.5 Å². The first-order chi connectivity index (χ1) is 13.8. The minimum atomic E-state index is -3.89. The molecule has 3 aromatic carbocycles. The molecule has 0 aliphatic carbocycles. The second kappa shape index (κ2) is 8.97. The maximum absolute atomic E-state index is 13.3.